The molecular weight excluding hydrogens is 142 g/mol. The average Bonchev–Trinajstić information content (AvgIpc) is 2.52. The number of likely N-dealkylation sites (N-methyl/N-ethyl adjacent to an activating group) is 1. The fourth-order valence-corrected chi connectivity index (χ4v) is 3.47. The van der Waals surface area contributed by atoms with Crippen LogP contribution in [0.4, 0.5) is 0 Å². The Morgan fingerprint density at radius 2 is 1.82 bits per heavy atom. The number of hydroxylamine groups is 3. The molecular formula is C8H12NO2+. The number of quaternary nitrogens is 1. The van der Waals surface area contributed by atoms with E-state index in [2.05, 4.69) is 7.05 Å². The van der Waals surface area contributed by atoms with Gasteiger partial charge in [-0.2, -0.15) is 9.48 Å². The molecule has 0 aromatic carbocycles. The smallest absolute Gasteiger partial charge is 0.151 e. The Kier molecular flexibility index (Phi) is 0.631. The van der Waals surface area contributed by atoms with Crippen molar-refractivity contribution < 1.29 is 14.2 Å². The molecule has 4 rings (SSSR count). The second-order valence-electron chi connectivity index (χ2n) is 4.46. The number of hydrogen-bond acceptors (Lipinski definition) is 2. The van der Waals surface area contributed by atoms with E-state index >= 15 is 0 Å². The van der Waals surface area contributed by atoms with Gasteiger partial charge in [0.05, 0.1) is 7.05 Å². The van der Waals surface area contributed by atoms with E-state index < -0.39 is 0 Å². The van der Waals surface area contributed by atoms with Gasteiger partial charge in [0, 0.05) is 12.8 Å². The predicted molar refractivity (Wildman–Crippen MR) is 36.5 cm³/mol. The molecule has 4 fully saturated rings. The van der Waals surface area contributed by atoms with Crippen molar-refractivity contribution in [1.82, 2.24) is 0 Å². The van der Waals surface area contributed by atoms with Crippen molar-refractivity contribution in [2.45, 2.75) is 43.2 Å². The first-order valence-electron chi connectivity index (χ1n) is 4.49. The SMILES string of the molecule is C[N+]12OC3C[C@@H]1[C@H]1O[C@@H]1[C@@H]2C3. The Hall–Kier alpha value is -0.120. The molecule has 0 aromatic heterocycles. The number of piperidine rings is 1. The van der Waals surface area contributed by atoms with Gasteiger partial charge in [-0.15, -0.1) is 0 Å². The number of rotatable bonds is 0. The molecule has 0 aromatic rings. The highest BCUT2D eigenvalue weighted by Gasteiger charge is 2.78. The van der Waals surface area contributed by atoms with Crippen LogP contribution in [-0.2, 0) is 9.57 Å². The van der Waals surface area contributed by atoms with Gasteiger partial charge in [-0.3, -0.25) is 0 Å². The quantitative estimate of drug-likeness (QED) is 0.363. The lowest BCUT2D eigenvalue weighted by atomic mass is 10.0. The Morgan fingerprint density at radius 1 is 1.18 bits per heavy atom. The summed E-state index contributed by atoms with van der Waals surface area (Å²) in [6.07, 6.45) is 4.18. The lowest BCUT2D eigenvalue weighted by Crippen LogP contribution is -2.51. The van der Waals surface area contributed by atoms with Gasteiger partial charge in [-0.25, -0.2) is 0 Å². The van der Waals surface area contributed by atoms with E-state index in [1.165, 1.54) is 12.8 Å². The summed E-state index contributed by atoms with van der Waals surface area (Å²) < 4.78 is 6.48. The molecule has 0 saturated carbocycles. The molecule has 4 heterocycles. The zero-order valence-corrected chi connectivity index (χ0v) is 6.56. The Balaban J connectivity index is 1.92. The van der Waals surface area contributed by atoms with Crippen LogP contribution >= 0.6 is 0 Å². The molecule has 3 heteroatoms. The molecule has 4 saturated heterocycles. The molecule has 3 nitrogen and oxygen atoms in total. The Labute approximate surface area is 65.4 Å². The predicted octanol–water partition coefficient (Wildman–Crippen LogP) is 0.0588. The number of fused-ring (bicyclic) bond motifs is 4. The standard InChI is InChI=1S/C8H12NO2/c1-9-5-2-4(11-9)3-6(9)8-7(5)10-8/h4-8H,2-3H2,1H3/q+1/t4?,5-,6+,7-,8-,9?/m1/s1. The third-order valence-electron chi connectivity index (χ3n) is 4.02. The minimum absolute atomic E-state index is 0.561. The molecule has 0 aliphatic carbocycles. The summed E-state index contributed by atoms with van der Waals surface area (Å²) in [5.41, 5.74) is 0. The maximum atomic E-state index is 5.91. The van der Waals surface area contributed by atoms with Crippen molar-refractivity contribution in [3.05, 3.63) is 0 Å². The second-order valence-corrected chi connectivity index (χ2v) is 4.46. The van der Waals surface area contributed by atoms with E-state index in [0.717, 1.165) is 4.65 Å². The van der Waals surface area contributed by atoms with Crippen LogP contribution in [0.2, 0.25) is 0 Å². The fourth-order valence-electron chi connectivity index (χ4n) is 3.47. The second kappa shape index (κ2) is 1.26. The normalized spacial score (nSPS) is 75.5. The van der Waals surface area contributed by atoms with Crippen LogP contribution in [0.5, 0.6) is 0 Å². The van der Waals surface area contributed by atoms with Crippen LogP contribution in [0.25, 0.3) is 0 Å². The Morgan fingerprint density at radius 3 is 2.27 bits per heavy atom. The molecule has 60 valence electrons. The highest BCUT2D eigenvalue weighted by Crippen LogP contribution is 2.58. The van der Waals surface area contributed by atoms with Gasteiger partial charge in [0.2, 0.25) is 0 Å². The topological polar surface area (TPSA) is 21.8 Å². The van der Waals surface area contributed by atoms with Crippen molar-refractivity contribution in [1.29, 1.82) is 0 Å². The highest BCUT2D eigenvalue weighted by atomic mass is 16.8. The fraction of sp³-hybridized carbons (Fsp3) is 1.00. The van der Waals surface area contributed by atoms with Crippen molar-refractivity contribution in [2.75, 3.05) is 7.05 Å². The van der Waals surface area contributed by atoms with E-state index in [1.54, 1.807) is 0 Å². The molecule has 6 atom stereocenters. The lowest BCUT2D eigenvalue weighted by molar-refractivity contribution is -1.09. The van der Waals surface area contributed by atoms with Gasteiger partial charge in [0.1, 0.15) is 18.3 Å². The third-order valence-corrected chi connectivity index (χ3v) is 4.02. The van der Waals surface area contributed by atoms with Crippen LogP contribution in [0.3, 0.4) is 0 Å². The van der Waals surface area contributed by atoms with E-state index in [4.69, 9.17) is 9.57 Å². The molecule has 0 spiro atoms. The van der Waals surface area contributed by atoms with Crippen molar-refractivity contribution >= 4 is 0 Å². The molecule has 0 amide bonds. The van der Waals surface area contributed by atoms with E-state index in [9.17, 15) is 0 Å². The number of morpholine rings is 1. The molecule has 0 N–H and O–H groups in total. The Bertz CT molecular complexity index is 224. The third kappa shape index (κ3) is 0.406. The van der Waals surface area contributed by atoms with Gasteiger partial charge in [0.15, 0.2) is 12.1 Å². The summed E-state index contributed by atoms with van der Waals surface area (Å²) in [5, 5.41) is 0. The zero-order chi connectivity index (χ0) is 7.22. The summed E-state index contributed by atoms with van der Waals surface area (Å²) in [5.74, 6) is 0. The van der Waals surface area contributed by atoms with E-state index in [0.29, 0.717) is 30.4 Å². The average molecular weight is 154 g/mol. The van der Waals surface area contributed by atoms with Gasteiger partial charge in [0.25, 0.3) is 0 Å². The summed E-state index contributed by atoms with van der Waals surface area (Å²) in [6, 6.07) is 1.37. The van der Waals surface area contributed by atoms with Crippen molar-refractivity contribution in [2.24, 2.45) is 0 Å². The van der Waals surface area contributed by atoms with Gasteiger partial charge in [-0.05, 0) is 0 Å². The van der Waals surface area contributed by atoms with Gasteiger partial charge in [-0.1, -0.05) is 0 Å². The van der Waals surface area contributed by atoms with Crippen molar-refractivity contribution in [3.63, 3.8) is 0 Å². The maximum absolute atomic E-state index is 5.91. The first kappa shape index (κ1) is 5.51. The maximum Gasteiger partial charge on any atom is 0.151 e. The van der Waals surface area contributed by atoms with Gasteiger partial charge < -0.3 is 4.74 Å². The van der Waals surface area contributed by atoms with Crippen molar-refractivity contribution in [3.8, 4) is 0 Å². The molecule has 11 heavy (non-hydrogen) atoms. The number of nitrogens with zero attached hydrogens (tertiary/aromatic N) is 1. The zero-order valence-electron chi connectivity index (χ0n) is 6.56. The monoisotopic (exact) mass is 154 g/mol. The lowest BCUT2D eigenvalue weighted by Gasteiger charge is -2.30. The van der Waals surface area contributed by atoms with E-state index in [-0.39, 0.29) is 0 Å². The first-order valence-corrected chi connectivity index (χ1v) is 4.49. The minimum Gasteiger partial charge on any atom is -0.356 e. The van der Waals surface area contributed by atoms with Crippen LogP contribution in [-0.4, -0.2) is 42.1 Å². The summed E-state index contributed by atoms with van der Waals surface area (Å²) in [7, 11) is 2.23. The number of hydrogen-bond donors (Lipinski definition) is 0. The highest BCUT2D eigenvalue weighted by molar-refractivity contribution is 5.09. The molecule has 4 aliphatic rings. The minimum atomic E-state index is 0.561. The summed E-state index contributed by atoms with van der Waals surface area (Å²) >= 11 is 0. The molecule has 4 aliphatic heterocycles. The van der Waals surface area contributed by atoms with Crippen LogP contribution < -0.4 is 0 Å². The molecule has 2 unspecified atom stereocenters. The van der Waals surface area contributed by atoms with Crippen LogP contribution in [0.15, 0.2) is 0 Å². The number of epoxide rings is 1. The molecule has 2 bridgehead atoms. The summed E-state index contributed by atoms with van der Waals surface area (Å²) in [6.45, 7) is 0. The van der Waals surface area contributed by atoms with E-state index in [1.807, 2.05) is 0 Å². The van der Waals surface area contributed by atoms with Crippen LogP contribution in [0, 0.1) is 0 Å². The van der Waals surface area contributed by atoms with Gasteiger partial charge >= 0.3 is 0 Å². The number of ether oxygens (including phenoxy) is 1. The molecule has 0 radical (unpaired) electrons. The van der Waals surface area contributed by atoms with Crippen LogP contribution in [0.1, 0.15) is 12.8 Å². The largest absolute Gasteiger partial charge is 0.356 e. The first-order chi connectivity index (χ1) is 5.29. The summed E-state index contributed by atoms with van der Waals surface area (Å²) in [4.78, 5) is 5.91.